The summed E-state index contributed by atoms with van der Waals surface area (Å²) in [6, 6.07) is 19.4. The second kappa shape index (κ2) is 6.58. The zero-order valence-electron chi connectivity index (χ0n) is 12.4. The summed E-state index contributed by atoms with van der Waals surface area (Å²) in [6.07, 6.45) is 0.846. The number of aliphatic hydroxyl groups excluding tert-OH is 1. The van der Waals surface area contributed by atoms with Crippen molar-refractivity contribution >= 4 is 5.90 Å². The van der Waals surface area contributed by atoms with Crippen LogP contribution in [0.5, 0.6) is 0 Å². The molecule has 112 valence electrons. The van der Waals surface area contributed by atoms with Gasteiger partial charge in [-0.3, -0.25) is 0 Å². The molecule has 3 nitrogen and oxygen atoms in total. The van der Waals surface area contributed by atoms with Crippen molar-refractivity contribution < 1.29 is 9.84 Å². The molecule has 0 aliphatic carbocycles. The molecule has 2 atom stereocenters. The van der Waals surface area contributed by atoms with Crippen LogP contribution in [0.15, 0.2) is 78.0 Å². The highest BCUT2D eigenvalue weighted by molar-refractivity contribution is 5.96. The molecule has 22 heavy (non-hydrogen) atoms. The maximum atomic E-state index is 10.4. The highest BCUT2D eigenvalue weighted by Crippen LogP contribution is 2.24. The number of aliphatic imine (C=N–C) groups is 1. The van der Waals surface area contributed by atoms with E-state index >= 15 is 0 Å². The Kier molecular flexibility index (Phi) is 4.35. The van der Waals surface area contributed by atoms with Crippen LogP contribution in [0.25, 0.3) is 0 Å². The molecule has 0 radical (unpaired) electrons. The van der Waals surface area contributed by atoms with Gasteiger partial charge in [-0.1, -0.05) is 55.1 Å². The van der Waals surface area contributed by atoms with Crippen LogP contribution in [0.2, 0.25) is 0 Å². The van der Waals surface area contributed by atoms with Gasteiger partial charge in [0, 0.05) is 5.56 Å². The SMILES string of the molecule is C=C1OC(c2ccccc2)=N[C@@H]1[C@H](O)CCc1ccccc1. The number of benzene rings is 2. The maximum Gasteiger partial charge on any atom is 0.222 e. The lowest BCUT2D eigenvalue weighted by Crippen LogP contribution is -2.24. The van der Waals surface area contributed by atoms with Crippen LogP contribution in [0.3, 0.4) is 0 Å². The Morgan fingerprint density at radius 3 is 2.36 bits per heavy atom. The lowest BCUT2D eigenvalue weighted by Gasteiger charge is -2.15. The minimum atomic E-state index is -0.589. The molecule has 2 aromatic rings. The molecule has 0 bridgehead atoms. The first-order valence-electron chi connectivity index (χ1n) is 7.46. The normalized spacial score (nSPS) is 18.7. The molecule has 1 aliphatic rings. The fraction of sp³-hybridized carbons (Fsp3) is 0.211. The number of hydrogen-bond acceptors (Lipinski definition) is 3. The molecule has 0 unspecified atom stereocenters. The van der Waals surface area contributed by atoms with E-state index in [1.807, 2.05) is 48.5 Å². The van der Waals surface area contributed by atoms with E-state index < -0.39 is 6.10 Å². The first kappa shape index (κ1) is 14.5. The maximum absolute atomic E-state index is 10.4. The molecule has 3 rings (SSSR count). The number of aryl methyl sites for hydroxylation is 1. The van der Waals surface area contributed by atoms with Gasteiger partial charge < -0.3 is 9.84 Å². The van der Waals surface area contributed by atoms with Crippen molar-refractivity contribution in [3.05, 3.63) is 84.1 Å². The number of nitrogens with zero attached hydrogens (tertiary/aromatic N) is 1. The Morgan fingerprint density at radius 2 is 1.68 bits per heavy atom. The molecule has 1 aliphatic heterocycles. The monoisotopic (exact) mass is 293 g/mol. The number of ether oxygens (including phenoxy) is 1. The van der Waals surface area contributed by atoms with Crippen LogP contribution < -0.4 is 0 Å². The van der Waals surface area contributed by atoms with Crippen LogP contribution in [0, 0.1) is 0 Å². The molecule has 1 N–H and O–H groups in total. The number of rotatable bonds is 5. The highest BCUT2D eigenvalue weighted by Gasteiger charge is 2.30. The van der Waals surface area contributed by atoms with Crippen molar-refractivity contribution in [3.63, 3.8) is 0 Å². The second-order valence-corrected chi connectivity index (χ2v) is 5.41. The Labute approximate surface area is 130 Å². The van der Waals surface area contributed by atoms with Gasteiger partial charge in [-0.2, -0.15) is 0 Å². The Morgan fingerprint density at radius 1 is 1.05 bits per heavy atom. The third-order valence-corrected chi connectivity index (χ3v) is 3.77. The molecule has 3 heteroatoms. The van der Waals surface area contributed by atoms with Gasteiger partial charge in [0.2, 0.25) is 5.90 Å². The summed E-state index contributed by atoms with van der Waals surface area (Å²) in [4.78, 5) is 4.50. The lowest BCUT2D eigenvalue weighted by atomic mass is 10.0. The molecule has 0 fully saturated rings. The van der Waals surface area contributed by atoms with Crippen LogP contribution in [-0.4, -0.2) is 23.2 Å². The van der Waals surface area contributed by atoms with Crippen molar-refractivity contribution in [3.8, 4) is 0 Å². The van der Waals surface area contributed by atoms with E-state index in [2.05, 4.69) is 23.7 Å². The quantitative estimate of drug-likeness (QED) is 0.918. The van der Waals surface area contributed by atoms with Gasteiger partial charge in [-0.05, 0) is 30.5 Å². The third-order valence-electron chi connectivity index (χ3n) is 3.77. The van der Waals surface area contributed by atoms with Gasteiger partial charge in [0.1, 0.15) is 11.8 Å². The van der Waals surface area contributed by atoms with E-state index in [0.717, 1.165) is 12.0 Å². The van der Waals surface area contributed by atoms with Gasteiger partial charge in [0.15, 0.2) is 0 Å². The van der Waals surface area contributed by atoms with Gasteiger partial charge in [-0.15, -0.1) is 0 Å². The van der Waals surface area contributed by atoms with Gasteiger partial charge in [0.05, 0.1) is 6.10 Å². The van der Waals surface area contributed by atoms with E-state index in [1.54, 1.807) is 0 Å². The zero-order valence-corrected chi connectivity index (χ0v) is 12.4. The highest BCUT2D eigenvalue weighted by atomic mass is 16.5. The van der Waals surface area contributed by atoms with Gasteiger partial charge in [0.25, 0.3) is 0 Å². The van der Waals surface area contributed by atoms with Crippen LogP contribution in [0.1, 0.15) is 17.5 Å². The summed E-state index contributed by atoms with van der Waals surface area (Å²) in [5, 5.41) is 10.4. The van der Waals surface area contributed by atoms with Crippen molar-refractivity contribution in [2.45, 2.75) is 25.0 Å². The smallest absolute Gasteiger partial charge is 0.222 e. The van der Waals surface area contributed by atoms with Crippen molar-refractivity contribution in [2.24, 2.45) is 4.99 Å². The fourth-order valence-electron chi connectivity index (χ4n) is 2.54. The third kappa shape index (κ3) is 3.26. The predicted octanol–water partition coefficient (Wildman–Crippen LogP) is 3.34. The van der Waals surface area contributed by atoms with Crippen molar-refractivity contribution in [2.75, 3.05) is 0 Å². The predicted molar refractivity (Wildman–Crippen MR) is 87.8 cm³/mol. The van der Waals surface area contributed by atoms with Crippen LogP contribution >= 0.6 is 0 Å². The fourth-order valence-corrected chi connectivity index (χ4v) is 2.54. The van der Waals surface area contributed by atoms with E-state index in [0.29, 0.717) is 18.1 Å². The van der Waals surface area contributed by atoms with Crippen LogP contribution in [0.4, 0.5) is 0 Å². The minimum Gasteiger partial charge on any atom is -0.441 e. The van der Waals surface area contributed by atoms with E-state index in [1.165, 1.54) is 5.56 Å². The summed E-state index contributed by atoms with van der Waals surface area (Å²) in [5.41, 5.74) is 2.11. The summed E-state index contributed by atoms with van der Waals surface area (Å²) in [5.74, 6) is 1.05. The zero-order chi connectivity index (χ0) is 15.4. The van der Waals surface area contributed by atoms with E-state index in [-0.39, 0.29) is 6.04 Å². The first-order chi connectivity index (χ1) is 10.7. The lowest BCUT2D eigenvalue weighted by molar-refractivity contribution is 0.140. The summed E-state index contributed by atoms with van der Waals surface area (Å²) >= 11 is 0. The molecule has 0 saturated carbocycles. The Hall–Kier alpha value is -2.39. The molecular formula is C19H19NO2. The standard InChI is InChI=1S/C19H19NO2/c1-14-18(17(21)13-12-15-8-4-2-5-9-15)20-19(22-14)16-10-6-3-7-11-16/h2-11,17-18,21H,1,12-13H2/t17-,18+/m1/s1. The molecule has 2 aromatic carbocycles. The van der Waals surface area contributed by atoms with Crippen LogP contribution in [-0.2, 0) is 11.2 Å². The van der Waals surface area contributed by atoms with E-state index in [4.69, 9.17) is 4.74 Å². The average molecular weight is 293 g/mol. The minimum absolute atomic E-state index is 0.390. The van der Waals surface area contributed by atoms with E-state index in [9.17, 15) is 5.11 Å². The molecule has 0 amide bonds. The van der Waals surface area contributed by atoms with Crippen molar-refractivity contribution in [1.29, 1.82) is 0 Å². The first-order valence-corrected chi connectivity index (χ1v) is 7.46. The Balaban J connectivity index is 1.66. The van der Waals surface area contributed by atoms with Gasteiger partial charge >= 0.3 is 0 Å². The van der Waals surface area contributed by atoms with Gasteiger partial charge in [-0.25, -0.2) is 4.99 Å². The number of aliphatic hydroxyl groups is 1. The largest absolute Gasteiger partial charge is 0.441 e. The number of hydrogen-bond donors (Lipinski definition) is 1. The second-order valence-electron chi connectivity index (χ2n) is 5.41. The summed E-state index contributed by atoms with van der Waals surface area (Å²) in [7, 11) is 0. The molecule has 0 saturated heterocycles. The molecule has 1 heterocycles. The average Bonchev–Trinajstić information content (AvgIpc) is 2.96. The Bertz CT molecular complexity index is 664. The molecule has 0 spiro atoms. The molecule has 0 aromatic heterocycles. The summed E-state index contributed by atoms with van der Waals surface area (Å²) in [6.45, 7) is 3.89. The summed E-state index contributed by atoms with van der Waals surface area (Å²) < 4.78 is 5.63. The van der Waals surface area contributed by atoms with Crippen molar-refractivity contribution in [1.82, 2.24) is 0 Å². The molecular weight excluding hydrogens is 274 g/mol. The topological polar surface area (TPSA) is 41.8 Å².